The zero-order chi connectivity index (χ0) is 13.6. The molecule has 3 nitrogen and oxygen atoms in total. The summed E-state index contributed by atoms with van der Waals surface area (Å²) >= 11 is 0. The van der Waals surface area contributed by atoms with E-state index in [9.17, 15) is 9.18 Å². The zero-order valence-corrected chi connectivity index (χ0v) is 11.2. The zero-order valence-electron chi connectivity index (χ0n) is 11.2. The van der Waals surface area contributed by atoms with E-state index in [1.165, 1.54) is 12.1 Å². The molecule has 0 unspecified atom stereocenters. The van der Waals surface area contributed by atoms with Crippen molar-refractivity contribution < 1.29 is 9.18 Å². The maximum Gasteiger partial charge on any atom is 0.315 e. The molecule has 0 atom stereocenters. The molecular weight excluding hydrogens is 231 g/mol. The summed E-state index contributed by atoms with van der Waals surface area (Å²) in [6.45, 7) is 6.42. The van der Waals surface area contributed by atoms with E-state index in [-0.39, 0.29) is 11.8 Å². The summed E-state index contributed by atoms with van der Waals surface area (Å²) < 4.78 is 13.2. The van der Waals surface area contributed by atoms with Gasteiger partial charge in [-0.1, -0.05) is 25.5 Å². The fourth-order valence-corrected chi connectivity index (χ4v) is 1.66. The summed E-state index contributed by atoms with van der Waals surface area (Å²) in [5.74, 6) is -0.297. The minimum absolute atomic E-state index is 0.224. The van der Waals surface area contributed by atoms with Crippen molar-refractivity contribution in [1.29, 1.82) is 0 Å². The van der Waals surface area contributed by atoms with E-state index in [0.717, 1.165) is 18.4 Å². The minimum Gasteiger partial charge on any atom is -0.338 e. The van der Waals surface area contributed by atoms with Crippen molar-refractivity contribution in [3.8, 4) is 0 Å². The highest BCUT2D eigenvalue weighted by molar-refractivity contribution is 5.74. The Labute approximate surface area is 108 Å². The molecule has 100 valence electrons. The highest BCUT2D eigenvalue weighted by atomic mass is 19.1. The molecule has 0 saturated carbocycles. The number of amides is 2. The molecule has 0 saturated heterocycles. The Kier molecular flexibility index (Phi) is 5.13. The fourth-order valence-electron chi connectivity index (χ4n) is 1.66. The average molecular weight is 252 g/mol. The van der Waals surface area contributed by atoms with Gasteiger partial charge in [0.1, 0.15) is 5.82 Å². The number of hydrogen-bond acceptors (Lipinski definition) is 1. The number of benzene rings is 1. The van der Waals surface area contributed by atoms with E-state index < -0.39 is 5.54 Å². The summed E-state index contributed by atoms with van der Waals surface area (Å²) in [5.41, 5.74) is 0.145. The van der Waals surface area contributed by atoms with E-state index >= 15 is 0 Å². The molecule has 1 aromatic carbocycles. The number of rotatable bonds is 5. The predicted octanol–water partition coefficient (Wildman–Crippen LogP) is 3.16. The third kappa shape index (κ3) is 4.35. The average Bonchev–Trinajstić information content (AvgIpc) is 2.28. The Bertz CT molecular complexity index is 405. The van der Waals surface area contributed by atoms with Crippen LogP contribution >= 0.6 is 0 Å². The van der Waals surface area contributed by atoms with Crippen molar-refractivity contribution in [2.75, 3.05) is 6.54 Å². The number of unbranched alkanes of at least 4 members (excludes halogenated alkanes) is 1. The monoisotopic (exact) mass is 252 g/mol. The van der Waals surface area contributed by atoms with Crippen LogP contribution in [0, 0.1) is 5.82 Å². The van der Waals surface area contributed by atoms with Gasteiger partial charge in [-0.15, -0.1) is 0 Å². The van der Waals surface area contributed by atoms with Gasteiger partial charge in [-0.05, 0) is 38.0 Å². The van der Waals surface area contributed by atoms with Gasteiger partial charge in [0.25, 0.3) is 0 Å². The normalized spacial score (nSPS) is 11.1. The van der Waals surface area contributed by atoms with Crippen molar-refractivity contribution >= 4 is 6.03 Å². The predicted molar refractivity (Wildman–Crippen MR) is 70.9 cm³/mol. The quantitative estimate of drug-likeness (QED) is 0.776. The van der Waals surface area contributed by atoms with Gasteiger partial charge >= 0.3 is 6.03 Å². The molecule has 0 aliphatic rings. The first kappa shape index (κ1) is 14.5. The molecule has 0 aliphatic heterocycles. The second-order valence-corrected chi connectivity index (χ2v) is 4.87. The van der Waals surface area contributed by atoms with Crippen LogP contribution < -0.4 is 10.6 Å². The molecule has 4 heteroatoms. The lowest BCUT2D eigenvalue weighted by Crippen LogP contribution is -2.46. The van der Waals surface area contributed by atoms with Crippen molar-refractivity contribution in [2.45, 2.75) is 39.2 Å². The summed E-state index contributed by atoms with van der Waals surface area (Å²) in [6.07, 6.45) is 1.99. The number of carbonyl (C=O) groups excluding carboxylic acids is 1. The molecule has 2 amide bonds. The summed E-state index contributed by atoms with van der Waals surface area (Å²) in [7, 11) is 0. The number of urea groups is 1. The lowest BCUT2D eigenvalue weighted by Gasteiger charge is -2.27. The van der Waals surface area contributed by atoms with E-state index in [1.807, 2.05) is 13.8 Å². The number of nitrogens with one attached hydrogen (secondary N) is 2. The molecule has 18 heavy (non-hydrogen) atoms. The van der Waals surface area contributed by atoms with E-state index in [4.69, 9.17) is 0 Å². The molecule has 0 bridgehead atoms. The Morgan fingerprint density at radius 1 is 1.39 bits per heavy atom. The van der Waals surface area contributed by atoms with E-state index in [2.05, 4.69) is 17.6 Å². The summed E-state index contributed by atoms with van der Waals surface area (Å²) in [4.78, 5) is 11.7. The van der Waals surface area contributed by atoms with Crippen LogP contribution in [0.2, 0.25) is 0 Å². The first-order valence-electron chi connectivity index (χ1n) is 6.28. The number of carbonyl (C=O) groups is 1. The van der Waals surface area contributed by atoms with Crippen molar-refractivity contribution in [2.24, 2.45) is 0 Å². The second kappa shape index (κ2) is 6.38. The molecule has 0 spiro atoms. The van der Waals surface area contributed by atoms with Gasteiger partial charge < -0.3 is 10.6 Å². The third-order valence-electron chi connectivity index (χ3n) is 2.79. The second-order valence-electron chi connectivity index (χ2n) is 4.87. The maximum atomic E-state index is 13.2. The van der Waals surface area contributed by atoms with Gasteiger partial charge in [-0.25, -0.2) is 9.18 Å². The first-order valence-corrected chi connectivity index (χ1v) is 6.28. The summed E-state index contributed by atoms with van der Waals surface area (Å²) in [5, 5.41) is 5.62. The van der Waals surface area contributed by atoms with Crippen LogP contribution in [0.1, 0.15) is 39.2 Å². The Morgan fingerprint density at radius 3 is 2.72 bits per heavy atom. The van der Waals surface area contributed by atoms with Gasteiger partial charge in [0, 0.05) is 6.54 Å². The molecule has 0 aromatic heterocycles. The number of hydrogen-bond donors (Lipinski definition) is 2. The van der Waals surface area contributed by atoms with Gasteiger partial charge in [0.2, 0.25) is 0 Å². The Morgan fingerprint density at radius 2 is 2.11 bits per heavy atom. The number of halogens is 1. The SMILES string of the molecule is CCCCNC(=O)NC(C)(C)c1cccc(F)c1. The molecule has 1 aromatic rings. The largest absolute Gasteiger partial charge is 0.338 e. The Balaban J connectivity index is 2.61. The fraction of sp³-hybridized carbons (Fsp3) is 0.500. The van der Waals surface area contributed by atoms with Crippen LogP contribution in [-0.4, -0.2) is 12.6 Å². The van der Waals surface area contributed by atoms with Gasteiger partial charge in [-0.2, -0.15) is 0 Å². The highest BCUT2D eigenvalue weighted by Crippen LogP contribution is 2.20. The van der Waals surface area contributed by atoms with Crippen molar-refractivity contribution in [3.05, 3.63) is 35.6 Å². The molecule has 0 radical (unpaired) electrons. The van der Waals surface area contributed by atoms with Crippen LogP contribution in [0.4, 0.5) is 9.18 Å². The van der Waals surface area contributed by atoms with Gasteiger partial charge in [0.15, 0.2) is 0 Å². The van der Waals surface area contributed by atoms with Crippen molar-refractivity contribution in [1.82, 2.24) is 10.6 Å². The highest BCUT2D eigenvalue weighted by Gasteiger charge is 2.22. The van der Waals surface area contributed by atoms with E-state index in [0.29, 0.717) is 6.54 Å². The van der Waals surface area contributed by atoms with Gasteiger partial charge in [-0.3, -0.25) is 0 Å². The minimum atomic E-state index is -0.599. The molecular formula is C14H21FN2O. The lowest BCUT2D eigenvalue weighted by atomic mass is 9.94. The van der Waals surface area contributed by atoms with Crippen LogP contribution in [-0.2, 0) is 5.54 Å². The van der Waals surface area contributed by atoms with Crippen LogP contribution in [0.3, 0.4) is 0 Å². The lowest BCUT2D eigenvalue weighted by molar-refractivity contribution is 0.230. The standard InChI is InChI=1S/C14H21FN2O/c1-4-5-9-16-13(18)17-14(2,3)11-7-6-8-12(15)10-11/h6-8,10H,4-5,9H2,1-3H3,(H2,16,17,18). The molecule has 0 aliphatic carbocycles. The smallest absolute Gasteiger partial charge is 0.315 e. The van der Waals surface area contributed by atoms with Gasteiger partial charge in [0.05, 0.1) is 5.54 Å². The Hall–Kier alpha value is -1.58. The molecule has 0 fully saturated rings. The van der Waals surface area contributed by atoms with E-state index in [1.54, 1.807) is 12.1 Å². The van der Waals surface area contributed by atoms with Crippen LogP contribution in [0.5, 0.6) is 0 Å². The first-order chi connectivity index (χ1) is 8.45. The molecule has 0 heterocycles. The topological polar surface area (TPSA) is 41.1 Å². The van der Waals surface area contributed by atoms with Crippen LogP contribution in [0.25, 0.3) is 0 Å². The third-order valence-corrected chi connectivity index (χ3v) is 2.79. The molecule has 2 N–H and O–H groups in total. The summed E-state index contributed by atoms with van der Waals surface area (Å²) in [6, 6.07) is 6.05. The van der Waals surface area contributed by atoms with Crippen LogP contribution in [0.15, 0.2) is 24.3 Å². The maximum absolute atomic E-state index is 13.2. The van der Waals surface area contributed by atoms with Crippen molar-refractivity contribution in [3.63, 3.8) is 0 Å². The molecule has 1 rings (SSSR count).